The van der Waals surface area contributed by atoms with E-state index in [1.165, 1.54) is 0 Å². The average molecular weight is 1320 g/mol. The highest BCUT2D eigenvalue weighted by molar-refractivity contribution is 7.82. The molecular formula is C24H42O44S9. The van der Waals surface area contributed by atoms with Crippen molar-refractivity contribution in [2.75, 3.05) is 0 Å². The summed E-state index contributed by atoms with van der Waals surface area (Å²) in [6.07, 6.45) is -56.9. The second kappa shape index (κ2) is 24.4. The van der Waals surface area contributed by atoms with Gasteiger partial charge >= 0.3 is 93.6 Å². The van der Waals surface area contributed by atoms with Crippen LogP contribution in [0.15, 0.2) is 0 Å². The zero-order chi connectivity index (χ0) is 59.4. The Morgan fingerprint density at radius 1 is 0.247 bits per heavy atom. The van der Waals surface area contributed by atoms with Gasteiger partial charge in [-0.3, -0.25) is 41.0 Å². The minimum Gasteiger partial charge on any atom is -0.366 e. The van der Waals surface area contributed by atoms with E-state index >= 15 is 0 Å². The summed E-state index contributed by atoms with van der Waals surface area (Å²) >= 11 is 0. The first-order valence-electron chi connectivity index (χ1n) is 19.5. The quantitative estimate of drug-likeness (QED) is 0.0401. The van der Waals surface area contributed by atoms with Gasteiger partial charge in [-0.15, -0.1) is 0 Å². The van der Waals surface area contributed by atoms with Crippen LogP contribution in [-0.2, 0) is 164 Å². The molecule has 0 saturated carbocycles. The molecule has 4 heterocycles. The summed E-state index contributed by atoms with van der Waals surface area (Å²) in [5.74, 6) is 0. The van der Waals surface area contributed by atoms with Gasteiger partial charge in [0.2, 0.25) is 0 Å². The van der Waals surface area contributed by atoms with E-state index in [-0.39, 0.29) is 0 Å². The average Bonchev–Trinajstić information content (AvgIpc) is 3.16. The van der Waals surface area contributed by atoms with Gasteiger partial charge in [-0.1, -0.05) is 0 Å². The largest absolute Gasteiger partial charge is 0.397 e. The number of hydrogen-bond donors (Lipinski definition) is 10. The van der Waals surface area contributed by atoms with Crippen LogP contribution in [-0.4, -0.2) is 245 Å². The first kappa shape index (κ1) is 68.0. The summed E-state index contributed by atoms with van der Waals surface area (Å²) in [4.78, 5) is 0. The summed E-state index contributed by atoms with van der Waals surface area (Å²) in [6, 6.07) is 0. The van der Waals surface area contributed by atoms with Crippen molar-refractivity contribution in [3.63, 3.8) is 0 Å². The van der Waals surface area contributed by atoms with Gasteiger partial charge in [-0.25, -0.2) is 37.6 Å². The Morgan fingerprint density at radius 3 is 0.662 bits per heavy atom. The lowest BCUT2D eigenvalue weighted by Gasteiger charge is -2.50. The highest BCUT2D eigenvalue weighted by Gasteiger charge is 2.61. The van der Waals surface area contributed by atoms with Gasteiger partial charge in [0.15, 0.2) is 49.6 Å². The van der Waals surface area contributed by atoms with Crippen molar-refractivity contribution in [1.29, 1.82) is 0 Å². The molecule has 4 saturated heterocycles. The van der Waals surface area contributed by atoms with E-state index in [2.05, 4.69) is 37.6 Å². The SMILES string of the molecule is C[C@@H]1O[C@H](O)[C@@H](OS(=O)(=O)O)[C@H](O[C@@H]2O[C@@H](C)[C@@H](OS(=O)(=O)O)[C@@H](O[C@@H]3O[C@@H](C)[C@@H](OS(=O)(=O)O)[C@@H](O[C@@H]4O[C@@H](C)[C@@H](OS(=O)(=O)O)[C@@H](OS(=O)(=O)O)[C@@H]4OS(=O)(=O)O)[C@@H]3OS(=O)(=O)O)[C@@H]2OS(=O)(=O)O)[C@@H]1OS(=O)(=O)O. The Morgan fingerprint density at radius 2 is 0.416 bits per heavy atom. The maximum absolute atomic E-state index is 12.6. The highest BCUT2D eigenvalue weighted by Crippen LogP contribution is 2.41. The Bertz CT molecular complexity index is 3080. The van der Waals surface area contributed by atoms with E-state index < -0.39 is 216 Å². The number of aliphatic hydroxyl groups is 1. The molecule has 0 aromatic heterocycles. The molecule has 4 aliphatic rings. The molecule has 0 aromatic rings. The minimum atomic E-state index is -6.30. The summed E-state index contributed by atoms with van der Waals surface area (Å²) in [5.41, 5.74) is 0. The summed E-state index contributed by atoms with van der Waals surface area (Å²) < 4.78 is 383. The van der Waals surface area contributed by atoms with E-state index in [9.17, 15) is 122 Å². The van der Waals surface area contributed by atoms with Crippen LogP contribution < -0.4 is 0 Å². The number of rotatable bonds is 24. The molecule has 20 atom stereocenters. The molecule has 44 nitrogen and oxygen atoms in total. The van der Waals surface area contributed by atoms with Crippen molar-refractivity contribution in [1.82, 2.24) is 0 Å². The van der Waals surface area contributed by atoms with Gasteiger partial charge in [-0.2, -0.15) is 75.8 Å². The molecule has 4 rings (SSSR count). The van der Waals surface area contributed by atoms with Crippen molar-refractivity contribution in [2.45, 2.75) is 151 Å². The van der Waals surface area contributed by atoms with E-state index in [0.29, 0.717) is 20.8 Å². The van der Waals surface area contributed by atoms with Gasteiger partial charge < -0.3 is 38.3 Å². The Kier molecular flexibility index (Phi) is 21.5. The van der Waals surface area contributed by atoms with Gasteiger partial charge in [-0.05, 0) is 27.7 Å². The Labute approximate surface area is 434 Å². The molecule has 0 amide bonds. The molecule has 0 radical (unpaired) electrons. The molecule has 0 bridgehead atoms. The molecule has 0 unspecified atom stereocenters. The molecule has 77 heavy (non-hydrogen) atoms. The zero-order valence-corrected chi connectivity index (χ0v) is 44.9. The lowest BCUT2D eigenvalue weighted by molar-refractivity contribution is -0.374. The smallest absolute Gasteiger partial charge is 0.366 e. The fraction of sp³-hybridized carbons (Fsp3) is 1.00. The molecule has 0 aliphatic carbocycles. The molecule has 53 heteroatoms. The molecule has 4 fully saturated rings. The van der Waals surface area contributed by atoms with Crippen LogP contribution >= 0.6 is 0 Å². The van der Waals surface area contributed by atoms with Gasteiger partial charge in [0.25, 0.3) is 0 Å². The second-order valence-electron chi connectivity index (χ2n) is 15.6. The maximum Gasteiger partial charge on any atom is 0.397 e. The van der Waals surface area contributed by atoms with Crippen LogP contribution in [0.3, 0.4) is 0 Å². The predicted octanol–water partition coefficient (Wildman–Crippen LogP) is -7.19. The Hall–Kier alpha value is -1.49. The molecule has 0 spiro atoms. The predicted molar refractivity (Wildman–Crippen MR) is 222 cm³/mol. The summed E-state index contributed by atoms with van der Waals surface area (Å²) in [6.45, 7) is 2.70. The van der Waals surface area contributed by atoms with Crippen LogP contribution in [0.1, 0.15) is 27.7 Å². The van der Waals surface area contributed by atoms with Gasteiger partial charge in [0, 0.05) is 0 Å². The third kappa shape index (κ3) is 21.3. The van der Waals surface area contributed by atoms with Crippen LogP contribution in [0.5, 0.6) is 0 Å². The molecular weight excluding hydrogens is 1280 g/mol. The first-order valence-corrected chi connectivity index (χ1v) is 31.8. The number of ether oxygens (including phenoxy) is 7. The first-order chi connectivity index (χ1) is 34.3. The van der Waals surface area contributed by atoms with Crippen LogP contribution in [0.25, 0.3) is 0 Å². The van der Waals surface area contributed by atoms with Crippen molar-refractivity contribution in [3.05, 3.63) is 0 Å². The minimum absolute atomic E-state index is 0.613. The third-order valence-corrected chi connectivity index (χ3v) is 14.1. The van der Waals surface area contributed by atoms with Gasteiger partial charge in [0.1, 0.15) is 48.8 Å². The topological polar surface area (TPSA) is 657 Å². The van der Waals surface area contributed by atoms with Crippen LogP contribution in [0.2, 0.25) is 0 Å². The van der Waals surface area contributed by atoms with Crippen molar-refractivity contribution in [3.8, 4) is 0 Å². The molecule has 456 valence electrons. The molecule has 4 aliphatic heterocycles. The fourth-order valence-electron chi connectivity index (χ4n) is 7.48. The van der Waals surface area contributed by atoms with E-state index in [1.807, 2.05) is 0 Å². The summed E-state index contributed by atoms with van der Waals surface area (Å²) in [5, 5.41) is 10.6. The zero-order valence-electron chi connectivity index (χ0n) is 37.6. The fourth-order valence-corrected chi connectivity index (χ4v) is 12.1. The Balaban J connectivity index is 2.02. The maximum atomic E-state index is 12.6. The van der Waals surface area contributed by atoms with E-state index in [0.717, 1.165) is 6.92 Å². The summed E-state index contributed by atoms with van der Waals surface area (Å²) in [7, 11) is -54.4. The lowest BCUT2D eigenvalue weighted by Crippen LogP contribution is -2.68. The number of aliphatic hydroxyl groups excluding tert-OH is 1. The van der Waals surface area contributed by atoms with Crippen molar-refractivity contribution < 1.29 is 193 Å². The normalized spacial score (nSPS) is 37.8. The van der Waals surface area contributed by atoms with Gasteiger partial charge in [0.05, 0.1) is 24.4 Å². The standard InChI is InChI=1S/C24H42O44S9/c1-5-9(60-69(26,27)28)13(17(21(25)53-5)65-74(41,42)43)57-22-18(66-75(44,45)46)14(10(6(2)54-22)61-70(29,30)31)58-23-19(67-76(47,48)49)15(11(7(3)55-23)62-71(32,33)34)59-24-20(68-77(50,51)52)16(64-73(38,39)40)12(8(4)56-24)63-72(35,36)37/h5-25H,1-4H3,(H,26,27,28)(H,29,30,31)(H,32,33,34)(H,35,36,37)(H,38,39,40)(H,41,42,43)(H,44,45,46)(H,47,48,49)(H,50,51,52)/t5-,6-,7-,8-,9+,10+,11+,12+,13+,14+,15+,16+,17-,18-,19-,20-,21-,22-,23-,24-/m0/s1. The van der Waals surface area contributed by atoms with Crippen molar-refractivity contribution >= 4 is 93.6 Å². The highest BCUT2D eigenvalue weighted by atomic mass is 32.3. The molecule has 0 aromatic carbocycles. The second-order valence-corrected chi connectivity index (χ2v) is 25.0. The third-order valence-electron chi connectivity index (χ3n) is 9.90. The lowest BCUT2D eigenvalue weighted by atomic mass is 9.96. The number of hydrogen-bond acceptors (Lipinski definition) is 35. The monoisotopic (exact) mass is 1320 g/mol. The van der Waals surface area contributed by atoms with E-state index in [4.69, 9.17) is 33.2 Å². The van der Waals surface area contributed by atoms with E-state index in [1.54, 1.807) is 0 Å². The van der Waals surface area contributed by atoms with Crippen LogP contribution in [0, 0.1) is 0 Å². The molecule has 10 N–H and O–H groups in total. The van der Waals surface area contributed by atoms with Crippen LogP contribution in [0.4, 0.5) is 0 Å². The van der Waals surface area contributed by atoms with Crippen molar-refractivity contribution in [2.24, 2.45) is 0 Å².